The Morgan fingerprint density at radius 2 is 2.00 bits per heavy atom. The molecule has 0 aromatic rings. The quantitative estimate of drug-likeness (QED) is 0.429. The van der Waals surface area contributed by atoms with Crippen LogP contribution in [0.2, 0.25) is 0 Å². The summed E-state index contributed by atoms with van der Waals surface area (Å²) in [4.78, 5) is 11.5. The topological polar surface area (TPSA) is 35.5 Å². The lowest BCUT2D eigenvalue weighted by atomic mass is 10.1. The van der Waals surface area contributed by atoms with Crippen molar-refractivity contribution in [2.45, 2.75) is 39.4 Å². The van der Waals surface area contributed by atoms with Crippen LogP contribution in [0.15, 0.2) is 24.3 Å². The molecule has 0 spiro atoms. The first-order valence-electron chi connectivity index (χ1n) is 5.36. The molecule has 0 saturated carbocycles. The molecule has 0 saturated heterocycles. The Labute approximate surface area is 103 Å². The summed E-state index contributed by atoms with van der Waals surface area (Å²) >= 11 is 0. The highest BCUT2D eigenvalue weighted by atomic mass is 16.6. The molecule has 0 unspecified atom stereocenters. The van der Waals surface area contributed by atoms with Gasteiger partial charge in [0.25, 0.3) is 0 Å². The molecule has 0 bridgehead atoms. The smallest absolute Gasteiger partial charge is 0.347 e. The highest BCUT2D eigenvalue weighted by Gasteiger charge is 2.24. The molecule has 0 aliphatic heterocycles. The highest BCUT2D eigenvalue weighted by Crippen LogP contribution is 2.11. The Balaban J connectivity index is 4.89. The van der Waals surface area contributed by atoms with E-state index in [4.69, 9.17) is 4.74 Å². The van der Waals surface area contributed by atoms with E-state index in [0.29, 0.717) is 0 Å². The van der Waals surface area contributed by atoms with Crippen LogP contribution in [-0.4, -0.2) is 24.8 Å². The standard InChI is InChI=1S/C14H20O3/c1-7-8-11(2)9-10-12(13(15)16-6)17-14(3,4)5/h7-8,12H,1H2,2-6H3/b11-8+/t12-/m0/s1. The predicted octanol–water partition coefficient (Wildman–Crippen LogP) is 2.48. The van der Waals surface area contributed by atoms with Crippen molar-refractivity contribution in [1.29, 1.82) is 0 Å². The Morgan fingerprint density at radius 3 is 2.41 bits per heavy atom. The van der Waals surface area contributed by atoms with Gasteiger partial charge in [0.15, 0.2) is 0 Å². The summed E-state index contributed by atoms with van der Waals surface area (Å²) in [5.74, 6) is 5.10. The fraction of sp³-hybridized carbons (Fsp3) is 0.500. The molecule has 0 aliphatic carbocycles. The predicted molar refractivity (Wildman–Crippen MR) is 68.4 cm³/mol. The highest BCUT2D eigenvalue weighted by molar-refractivity contribution is 5.78. The van der Waals surface area contributed by atoms with Gasteiger partial charge in [-0.25, -0.2) is 4.79 Å². The van der Waals surface area contributed by atoms with Crippen LogP contribution in [-0.2, 0) is 14.3 Å². The molecule has 0 amide bonds. The lowest BCUT2D eigenvalue weighted by Crippen LogP contribution is -2.33. The number of esters is 1. The number of hydrogen-bond acceptors (Lipinski definition) is 3. The van der Waals surface area contributed by atoms with Gasteiger partial charge in [0.2, 0.25) is 6.10 Å². The third kappa shape index (κ3) is 7.37. The fourth-order valence-electron chi connectivity index (χ4n) is 0.995. The molecule has 0 aromatic carbocycles. The molecule has 3 heteroatoms. The summed E-state index contributed by atoms with van der Waals surface area (Å²) in [5.41, 5.74) is 0.357. The number of allylic oxidation sites excluding steroid dienone is 3. The van der Waals surface area contributed by atoms with Gasteiger partial charge in [-0.1, -0.05) is 30.6 Å². The van der Waals surface area contributed by atoms with Crippen LogP contribution in [0, 0.1) is 11.8 Å². The Bertz CT molecular complexity index is 361. The van der Waals surface area contributed by atoms with Gasteiger partial charge in [-0.2, -0.15) is 0 Å². The second-order valence-electron chi connectivity index (χ2n) is 4.49. The second-order valence-corrected chi connectivity index (χ2v) is 4.49. The maximum absolute atomic E-state index is 11.5. The van der Waals surface area contributed by atoms with Gasteiger partial charge in [0.1, 0.15) is 0 Å². The van der Waals surface area contributed by atoms with Gasteiger partial charge >= 0.3 is 5.97 Å². The number of carbonyl (C=O) groups excluding carboxylic acids is 1. The van der Waals surface area contributed by atoms with Gasteiger partial charge < -0.3 is 9.47 Å². The monoisotopic (exact) mass is 236 g/mol. The summed E-state index contributed by atoms with van der Waals surface area (Å²) in [6.45, 7) is 11.0. The molecule has 0 rings (SSSR count). The zero-order valence-corrected chi connectivity index (χ0v) is 11.2. The van der Waals surface area contributed by atoms with E-state index in [0.717, 1.165) is 5.57 Å². The minimum absolute atomic E-state index is 0.455. The molecule has 1 atom stereocenters. The molecule has 0 fully saturated rings. The van der Waals surface area contributed by atoms with Gasteiger partial charge in [-0.3, -0.25) is 0 Å². The van der Waals surface area contributed by atoms with Crippen molar-refractivity contribution in [1.82, 2.24) is 0 Å². The largest absolute Gasteiger partial charge is 0.466 e. The summed E-state index contributed by atoms with van der Waals surface area (Å²) in [6, 6.07) is 0. The van der Waals surface area contributed by atoms with Crippen LogP contribution >= 0.6 is 0 Å². The zero-order valence-electron chi connectivity index (χ0n) is 11.2. The first-order valence-corrected chi connectivity index (χ1v) is 5.36. The molecule has 0 N–H and O–H groups in total. The normalized spacial score (nSPS) is 13.4. The van der Waals surface area contributed by atoms with Crippen LogP contribution in [0.5, 0.6) is 0 Å². The van der Waals surface area contributed by atoms with Crippen LogP contribution in [0.3, 0.4) is 0 Å². The lowest BCUT2D eigenvalue weighted by molar-refractivity contribution is -0.157. The van der Waals surface area contributed by atoms with Crippen LogP contribution < -0.4 is 0 Å². The van der Waals surface area contributed by atoms with Gasteiger partial charge in [-0.15, -0.1) is 0 Å². The van der Waals surface area contributed by atoms with E-state index < -0.39 is 17.7 Å². The molecular formula is C14H20O3. The molecule has 3 nitrogen and oxygen atoms in total. The van der Waals surface area contributed by atoms with Gasteiger partial charge in [0, 0.05) is 0 Å². The average molecular weight is 236 g/mol. The average Bonchev–Trinajstić information content (AvgIpc) is 2.22. The number of rotatable bonds is 3. The molecule has 0 radical (unpaired) electrons. The number of methoxy groups -OCH3 is 1. The zero-order chi connectivity index (χ0) is 13.5. The van der Waals surface area contributed by atoms with Gasteiger partial charge in [0.05, 0.1) is 12.7 Å². The number of carbonyl (C=O) groups is 1. The molecule has 0 aliphatic rings. The van der Waals surface area contributed by atoms with Crippen molar-refractivity contribution < 1.29 is 14.3 Å². The first kappa shape index (κ1) is 15.5. The van der Waals surface area contributed by atoms with Crippen molar-refractivity contribution in [2.24, 2.45) is 0 Å². The maximum Gasteiger partial charge on any atom is 0.347 e. The van der Waals surface area contributed by atoms with E-state index in [-0.39, 0.29) is 0 Å². The van der Waals surface area contributed by atoms with E-state index in [1.807, 2.05) is 27.7 Å². The Morgan fingerprint density at radius 1 is 1.41 bits per heavy atom. The number of ether oxygens (including phenoxy) is 2. The summed E-state index contributed by atoms with van der Waals surface area (Å²) in [5, 5.41) is 0. The molecular weight excluding hydrogens is 216 g/mol. The fourth-order valence-corrected chi connectivity index (χ4v) is 0.995. The molecule has 94 valence electrons. The Kier molecular flexibility index (Phi) is 6.30. The van der Waals surface area contributed by atoms with E-state index in [1.165, 1.54) is 7.11 Å². The van der Waals surface area contributed by atoms with Crippen LogP contribution in [0.1, 0.15) is 27.7 Å². The van der Waals surface area contributed by atoms with Crippen molar-refractivity contribution in [3.8, 4) is 11.8 Å². The van der Waals surface area contributed by atoms with Crippen molar-refractivity contribution in [2.75, 3.05) is 7.11 Å². The van der Waals surface area contributed by atoms with Crippen LogP contribution in [0.4, 0.5) is 0 Å². The van der Waals surface area contributed by atoms with Gasteiger partial charge in [-0.05, 0) is 33.3 Å². The van der Waals surface area contributed by atoms with E-state index in [1.54, 1.807) is 12.2 Å². The maximum atomic E-state index is 11.5. The first-order chi connectivity index (χ1) is 7.80. The minimum atomic E-state index is -0.867. The molecule has 17 heavy (non-hydrogen) atoms. The molecule has 0 aromatic heterocycles. The summed E-state index contributed by atoms with van der Waals surface area (Å²) in [6.07, 6.45) is 2.54. The summed E-state index contributed by atoms with van der Waals surface area (Å²) < 4.78 is 10.2. The minimum Gasteiger partial charge on any atom is -0.466 e. The van der Waals surface area contributed by atoms with E-state index in [2.05, 4.69) is 23.2 Å². The van der Waals surface area contributed by atoms with Crippen molar-refractivity contribution in [3.05, 3.63) is 24.3 Å². The Hall–Kier alpha value is -1.53. The number of hydrogen-bond donors (Lipinski definition) is 0. The SMILES string of the molecule is C=C/C=C(\C)C#C[C@H](OC(C)(C)C)C(=O)OC. The van der Waals surface area contributed by atoms with Crippen molar-refractivity contribution in [3.63, 3.8) is 0 Å². The van der Waals surface area contributed by atoms with Crippen LogP contribution in [0.25, 0.3) is 0 Å². The third-order valence-corrected chi connectivity index (χ3v) is 1.65. The third-order valence-electron chi connectivity index (χ3n) is 1.65. The van der Waals surface area contributed by atoms with E-state index >= 15 is 0 Å². The lowest BCUT2D eigenvalue weighted by Gasteiger charge is -2.22. The molecule has 0 heterocycles. The summed E-state index contributed by atoms with van der Waals surface area (Å²) in [7, 11) is 1.31. The van der Waals surface area contributed by atoms with Crippen molar-refractivity contribution >= 4 is 5.97 Å². The second kappa shape index (κ2) is 6.93. The van der Waals surface area contributed by atoms with E-state index in [9.17, 15) is 4.79 Å².